The summed E-state index contributed by atoms with van der Waals surface area (Å²) in [6.45, 7) is 3.44. The molecule has 0 aliphatic carbocycles. The lowest BCUT2D eigenvalue weighted by atomic mass is 10.0. The van der Waals surface area contributed by atoms with Gasteiger partial charge in [0.25, 0.3) is 5.91 Å². The quantitative estimate of drug-likeness (QED) is 0.237. The van der Waals surface area contributed by atoms with Crippen LogP contribution in [0.4, 0.5) is 0 Å². The molecule has 0 spiro atoms. The SMILES string of the molecule is CC(C)Oc1ccc(C(=O)NC(CCOP(=O)(O)O)Cc2ccc(-c3cn(C)c(C(=O)O)n3)cc2)cc1Cl. The number of benzene rings is 2. The molecule has 204 valence electrons. The third kappa shape index (κ3) is 8.41. The molecule has 1 atom stereocenters. The molecule has 0 aliphatic heterocycles. The Morgan fingerprint density at radius 1 is 1.16 bits per heavy atom. The Morgan fingerprint density at radius 3 is 2.39 bits per heavy atom. The van der Waals surface area contributed by atoms with Crippen molar-refractivity contribution in [3.8, 4) is 17.0 Å². The van der Waals surface area contributed by atoms with E-state index in [2.05, 4.69) is 14.8 Å². The minimum Gasteiger partial charge on any atom is -0.489 e. The number of aromatic carboxylic acids is 1. The van der Waals surface area contributed by atoms with E-state index in [-0.39, 0.29) is 30.0 Å². The first kappa shape index (κ1) is 29.3. The Morgan fingerprint density at radius 2 is 1.84 bits per heavy atom. The van der Waals surface area contributed by atoms with Gasteiger partial charge in [0.05, 0.1) is 23.4 Å². The van der Waals surface area contributed by atoms with E-state index < -0.39 is 25.7 Å². The number of nitrogens with zero attached hydrogens (tertiary/aromatic N) is 2. The number of imidazole rings is 1. The van der Waals surface area contributed by atoms with Gasteiger partial charge < -0.3 is 29.5 Å². The number of aryl methyl sites for hydroxylation is 1. The van der Waals surface area contributed by atoms with E-state index in [4.69, 9.17) is 26.1 Å². The Bertz CT molecular complexity index is 1340. The molecule has 1 unspecified atom stereocenters. The highest BCUT2D eigenvalue weighted by atomic mass is 35.5. The largest absolute Gasteiger partial charge is 0.489 e. The monoisotopic (exact) mass is 565 g/mol. The van der Waals surface area contributed by atoms with Gasteiger partial charge in [0.2, 0.25) is 5.82 Å². The molecule has 38 heavy (non-hydrogen) atoms. The van der Waals surface area contributed by atoms with E-state index in [0.717, 1.165) is 5.56 Å². The molecule has 3 aromatic rings. The van der Waals surface area contributed by atoms with Crippen molar-refractivity contribution in [3.05, 3.63) is 70.6 Å². The lowest BCUT2D eigenvalue weighted by Crippen LogP contribution is -2.37. The van der Waals surface area contributed by atoms with Crippen LogP contribution in [0.5, 0.6) is 5.75 Å². The average molecular weight is 566 g/mol. The highest BCUT2D eigenvalue weighted by Crippen LogP contribution is 2.36. The summed E-state index contributed by atoms with van der Waals surface area (Å²) >= 11 is 6.26. The van der Waals surface area contributed by atoms with Crippen molar-refractivity contribution in [2.24, 2.45) is 7.05 Å². The number of carboxylic acids is 1. The highest BCUT2D eigenvalue weighted by molar-refractivity contribution is 7.46. The molecule has 2 aromatic carbocycles. The van der Waals surface area contributed by atoms with Crippen LogP contribution in [0.1, 0.15) is 46.8 Å². The first-order chi connectivity index (χ1) is 17.8. The van der Waals surface area contributed by atoms with Gasteiger partial charge in [-0.25, -0.2) is 14.3 Å². The van der Waals surface area contributed by atoms with Gasteiger partial charge in [-0.1, -0.05) is 35.9 Å². The van der Waals surface area contributed by atoms with Gasteiger partial charge in [0, 0.05) is 30.4 Å². The summed E-state index contributed by atoms with van der Waals surface area (Å²) < 4.78 is 22.7. The fraction of sp³-hybridized carbons (Fsp3) is 0.320. The van der Waals surface area contributed by atoms with Crippen molar-refractivity contribution in [1.29, 1.82) is 0 Å². The summed E-state index contributed by atoms with van der Waals surface area (Å²) in [5.41, 5.74) is 2.33. The third-order valence-corrected chi connectivity index (χ3v) is 6.23. The fourth-order valence-electron chi connectivity index (χ4n) is 3.70. The molecule has 0 bridgehead atoms. The van der Waals surface area contributed by atoms with Gasteiger partial charge in [-0.05, 0) is 50.5 Å². The molecule has 3 rings (SSSR count). The number of carboxylic acid groups (broad SMARTS) is 1. The van der Waals surface area contributed by atoms with Gasteiger partial charge in [0.1, 0.15) is 5.75 Å². The van der Waals surface area contributed by atoms with Crippen LogP contribution in [0.15, 0.2) is 48.7 Å². The summed E-state index contributed by atoms with van der Waals surface area (Å²) in [6.07, 6.45) is 1.99. The molecule has 1 heterocycles. The van der Waals surface area contributed by atoms with Gasteiger partial charge in [-0.15, -0.1) is 0 Å². The predicted molar refractivity (Wildman–Crippen MR) is 140 cm³/mol. The van der Waals surface area contributed by atoms with E-state index in [1.165, 1.54) is 10.6 Å². The second-order valence-electron chi connectivity index (χ2n) is 8.86. The van der Waals surface area contributed by atoms with Crippen LogP contribution in [-0.4, -0.2) is 55.1 Å². The number of hydrogen-bond acceptors (Lipinski definition) is 6. The fourth-order valence-corrected chi connectivity index (χ4v) is 4.27. The maximum Gasteiger partial charge on any atom is 0.469 e. The number of rotatable bonds is 12. The van der Waals surface area contributed by atoms with Crippen molar-refractivity contribution < 1.29 is 38.3 Å². The smallest absolute Gasteiger partial charge is 0.469 e. The maximum atomic E-state index is 13.0. The van der Waals surface area contributed by atoms with Crippen molar-refractivity contribution in [1.82, 2.24) is 14.9 Å². The molecule has 1 amide bonds. The number of carbonyl (C=O) groups excluding carboxylic acids is 1. The summed E-state index contributed by atoms with van der Waals surface area (Å²) in [5.74, 6) is -1.18. The number of halogens is 1. The Balaban J connectivity index is 1.75. The van der Waals surface area contributed by atoms with Crippen LogP contribution in [0.2, 0.25) is 5.02 Å². The van der Waals surface area contributed by atoms with E-state index in [1.54, 1.807) is 37.5 Å². The predicted octanol–water partition coefficient (Wildman–Crippen LogP) is 4.07. The summed E-state index contributed by atoms with van der Waals surface area (Å²) in [6, 6.07) is 11.3. The number of phosphoric acid groups is 1. The van der Waals surface area contributed by atoms with Crippen LogP contribution < -0.4 is 10.1 Å². The average Bonchev–Trinajstić information content (AvgIpc) is 3.21. The zero-order valence-electron chi connectivity index (χ0n) is 21.0. The minimum absolute atomic E-state index is 0.0826. The number of amides is 1. The summed E-state index contributed by atoms with van der Waals surface area (Å²) in [5, 5.41) is 12.4. The van der Waals surface area contributed by atoms with E-state index in [1.807, 2.05) is 26.0 Å². The molecular weight excluding hydrogens is 537 g/mol. The number of hydrogen-bond donors (Lipinski definition) is 4. The summed E-state index contributed by atoms with van der Waals surface area (Å²) in [4.78, 5) is 46.4. The number of aromatic nitrogens is 2. The lowest BCUT2D eigenvalue weighted by Gasteiger charge is -2.20. The molecule has 11 nitrogen and oxygen atoms in total. The second-order valence-corrected chi connectivity index (χ2v) is 10.5. The summed E-state index contributed by atoms with van der Waals surface area (Å²) in [7, 11) is -3.07. The minimum atomic E-state index is -4.67. The van der Waals surface area contributed by atoms with Crippen LogP contribution >= 0.6 is 19.4 Å². The van der Waals surface area contributed by atoms with Crippen molar-refractivity contribution in [2.75, 3.05) is 6.61 Å². The normalized spacial score (nSPS) is 12.4. The maximum absolute atomic E-state index is 13.0. The van der Waals surface area contributed by atoms with Crippen molar-refractivity contribution in [2.45, 2.75) is 38.8 Å². The number of carbonyl (C=O) groups is 2. The number of ether oxygens (including phenoxy) is 1. The topological polar surface area (TPSA) is 160 Å². The molecule has 1 aromatic heterocycles. The molecule has 0 aliphatic rings. The van der Waals surface area contributed by atoms with Crippen LogP contribution in [0.25, 0.3) is 11.3 Å². The zero-order valence-corrected chi connectivity index (χ0v) is 22.6. The van der Waals surface area contributed by atoms with Crippen molar-refractivity contribution in [3.63, 3.8) is 0 Å². The molecule has 0 fully saturated rings. The van der Waals surface area contributed by atoms with Crippen LogP contribution in [-0.2, 0) is 22.6 Å². The lowest BCUT2D eigenvalue weighted by molar-refractivity contribution is 0.0679. The zero-order chi connectivity index (χ0) is 28.0. The molecular formula is C25H29ClN3O8P. The first-order valence-corrected chi connectivity index (χ1v) is 13.6. The molecule has 13 heteroatoms. The molecule has 0 radical (unpaired) electrons. The van der Waals surface area contributed by atoms with Gasteiger partial charge in [-0.2, -0.15) is 0 Å². The Labute approximate surface area is 224 Å². The molecule has 4 N–H and O–H groups in total. The van der Waals surface area contributed by atoms with Crippen molar-refractivity contribution >= 4 is 31.3 Å². The van der Waals surface area contributed by atoms with E-state index in [9.17, 15) is 19.3 Å². The second kappa shape index (κ2) is 12.6. The van der Waals surface area contributed by atoms with E-state index >= 15 is 0 Å². The standard InChI is InChI=1S/C25H29ClN3O8P/c1-15(2)37-22-9-8-18(13-20(22)26)24(30)27-19(10-11-36-38(33,34)35)12-16-4-6-17(7-5-16)21-14-29(3)23(28-21)25(31)32/h4-9,13-15,19H,10-12H2,1-3H3,(H,27,30)(H,31,32)(H2,33,34,35). The van der Waals surface area contributed by atoms with Crippen LogP contribution in [0, 0.1) is 0 Å². The van der Waals surface area contributed by atoms with Gasteiger partial charge >= 0.3 is 13.8 Å². The molecule has 0 saturated carbocycles. The number of nitrogens with one attached hydrogen (secondary N) is 1. The van der Waals surface area contributed by atoms with Gasteiger partial charge in [-0.3, -0.25) is 9.32 Å². The number of phosphoric ester groups is 1. The van der Waals surface area contributed by atoms with E-state index in [0.29, 0.717) is 29.0 Å². The van der Waals surface area contributed by atoms with Crippen LogP contribution in [0.3, 0.4) is 0 Å². The highest BCUT2D eigenvalue weighted by Gasteiger charge is 2.20. The third-order valence-electron chi connectivity index (χ3n) is 5.42. The Kier molecular flexibility index (Phi) is 9.70. The Hall–Kier alpha value is -3.21. The van der Waals surface area contributed by atoms with Gasteiger partial charge in [0.15, 0.2) is 0 Å². The first-order valence-electron chi connectivity index (χ1n) is 11.7. The molecule has 0 saturated heterocycles.